The Morgan fingerprint density at radius 3 is 2.61 bits per heavy atom. The van der Waals surface area contributed by atoms with Crippen LogP contribution in [0.3, 0.4) is 0 Å². The molecule has 2 aliphatic heterocycles. The van der Waals surface area contributed by atoms with Crippen LogP contribution < -0.4 is 11.1 Å². The van der Waals surface area contributed by atoms with Crippen LogP contribution in [0.1, 0.15) is 12.5 Å². The quantitative estimate of drug-likeness (QED) is 0.335. The number of hydrogen-bond donors (Lipinski definition) is 3. The molecule has 33 heavy (non-hydrogen) atoms. The molecule has 1 saturated heterocycles. The molecular weight excluding hydrogens is 444 g/mol. The second kappa shape index (κ2) is 10.2. The highest BCUT2D eigenvalue weighted by Gasteiger charge is 2.53. The number of thioether (sulfide) groups is 1. The maximum Gasteiger partial charge on any atom is 0.352 e. The van der Waals surface area contributed by atoms with Crippen molar-refractivity contribution in [3.63, 3.8) is 0 Å². The molecule has 176 valence electrons. The molecule has 3 amide bonds. The molecule has 2 aliphatic rings. The molecule has 1 aromatic rings. The van der Waals surface area contributed by atoms with E-state index in [2.05, 4.69) is 5.32 Å². The average Bonchev–Trinajstić information content (AvgIpc) is 2.77. The Morgan fingerprint density at radius 1 is 1.30 bits per heavy atom. The van der Waals surface area contributed by atoms with E-state index in [1.54, 1.807) is 6.08 Å². The molecule has 10 heteroatoms. The molecule has 2 heterocycles. The molecule has 0 saturated carbocycles. The topological polar surface area (TPSA) is 130 Å². The molecule has 0 radical (unpaired) electrons. The molecule has 1 aromatic carbocycles. The summed E-state index contributed by atoms with van der Waals surface area (Å²) >= 11 is 1.42. The van der Waals surface area contributed by atoms with Crippen LogP contribution in [-0.4, -0.2) is 82.0 Å². The van der Waals surface area contributed by atoms with Gasteiger partial charge in [-0.2, -0.15) is 0 Å². The van der Waals surface area contributed by atoms with E-state index in [0.717, 1.165) is 5.56 Å². The zero-order valence-corrected chi connectivity index (χ0v) is 19.5. The molecule has 0 bridgehead atoms. The van der Waals surface area contributed by atoms with Crippen molar-refractivity contribution in [2.75, 3.05) is 32.4 Å². The van der Waals surface area contributed by atoms with Gasteiger partial charge >= 0.3 is 5.97 Å². The third-order valence-corrected chi connectivity index (χ3v) is 7.19. The largest absolute Gasteiger partial charge is 0.477 e. The van der Waals surface area contributed by atoms with Gasteiger partial charge < -0.3 is 20.6 Å². The first-order valence-electron chi connectivity index (χ1n) is 10.7. The van der Waals surface area contributed by atoms with Gasteiger partial charge in [-0.1, -0.05) is 36.4 Å². The number of rotatable bonds is 10. The van der Waals surface area contributed by atoms with Gasteiger partial charge in [-0.25, -0.2) is 4.79 Å². The average molecular weight is 474 g/mol. The monoisotopic (exact) mass is 473 g/mol. The second-order valence-corrected chi connectivity index (χ2v) is 9.55. The van der Waals surface area contributed by atoms with Gasteiger partial charge in [0, 0.05) is 5.75 Å². The van der Waals surface area contributed by atoms with E-state index in [0.29, 0.717) is 28.9 Å². The van der Waals surface area contributed by atoms with Gasteiger partial charge in [-0.05, 0) is 24.1 Å². The van der Waals surface area contributed by atoms with Crippen LogP contribution in [0.15, 0.2) is 53.8 Å². The van der Waals surface area contributed by atoms with E-state index >= 15 is 0 Å². The predicted octanol–water partition coefficient (Wildman–Crippen LogP) is 0.476. The number of nitrogens with two attached hydrogens (primary N) is 1. The van der Waals surface area contributed by atoms with Crippen LogP contribution in [0.5, 0.6) is 0 Å². The van der Waals surface area contributed by atoms with Gasteiger partial charge in [-0.3, -0.25) is 19.3 Å². The maximum absolute atomic E-state index is 12.8. The molecule has 9 nitrogen and oxygen atoms in total. The Bertz CT molecular complexity index is 1010. The number of aliphatic carboxylic acids is 1. The van der Waals surface area contributed by atoms with Crippen LogP contribution in [-0.2, 0) is 25.6 Å². The minimum absolute atomic E-state index is 0.0610. The smallest absolute Gasteiger partial charge is 0.352 e. The minimum atomic E-state index is -1.19. The van der Waals surface area contributed by atoms with Crippen molar-refractivity contribution >= 4 is 35.5 Å². The first-order chi connectivity index (χ1) is 15.6. The number of carboxylic acids is 1. The van der Waals surface area contributed by atoms with Gasteiger partial charge in [0.2, 0.25) is 5.91 Å². The highest BCUT2D eigenvalue weighted by Crippen LogP contribution is 2.40. The Hall–Kier alpha value is -3.11. The Kier molecular flexibility index (Phi) is 7.60. The van der Waals surface area contributed by atoms with E-state index in [1.165, 1.54) is 16.7 Å². The summed E-state index contributed by atoms with van der Waals surface area (Å²) in [5.74, 6) is -1.91. The van der Waals surface area contributed by atoms with Crippen molar-refractivity contribution in [3.8, 4) is 0 Å². The van der Waals surface area contributed by atoms with Crippen molar-refractivity contribution < 1.29 is 28.8 Å². The summed E-state index contributed by atoms with van der Waals surface area (Å²) < 4.78 is 0.398. The van der Waals surface area contributed by atoms with Crippen LogP contribution in [0, 0.1) is 0 Å². The molecular formula is C23H29N4O5S+. The lowest BCUT2D eigenvalue weighted by Crippen LogP contribution is -2.70. The van der Waals surface area contributed by atoms with E-state index < -0.39 is 29.2 Å². The molecule has 1 unspecified atom stereocenters. The van der Waals surface area contributed by atoms with Crippen molar-refractivity contribution in [1.82, 2.24) is 10.2 Å². The van der Waals surface area contributed by atoms with Crippen molar-refractivity contribution in [2.45, 2.75) is 24.8 Å². The van der Waals surface area contributed by atoms with Crippen LogP contribution >= 0.6 is 11.8 Å². The SMILES string of the molecule is CC[N+](C)(C/C=C/C1=C(C(=O)O)N2C(=O)[C@@H](NC(=O)Cc3ccccc3)[C@H]2SC1)CC(N)=O. The number of hydrogen-bond acceptors (Lipinski definition) is 5. The molecule has 4 N–H and O–H groups in total. The van der Waals surface area contributed by atoms with Crippen LogP contribution in [0.2, 0.25) is 0 Å². The first-order valence-corrected chi connectivity index (χ1v) is 11.7. The van der Waals surface area contributed by atoms with Gasteiger partial charge in [-0.15, -0.1) is 11.8 Å². The highest BCUT2D eigenvalue weighted by atomic mass is 32.2. The van der Waals surface area contributed by atoms with Crippen LogP contribution in [0.25, 0.3) is 0 Å². The standard InChI is InChI=1S/C23H28N4O5S/c1-3-27(2,13-17(24)28)11-7-10-16-14-33-22-19(21(30)26(22)20(16)23(31)32)25-18(29)12-15-8-5-4-6-9-15/h4-10,19,22H,3,11-14H2,1-2H3,(H3-,24,25,28,29,31,32)/p+1/b10-7+/t19-,22-,27?/m1/s1. The third kappa shape index (κ3) is 5.63. The number of primary amides is 1. The normalized spacial score (nSPS) is 21.9. The minimum Gasteiger partial charge on any atom is -0.477 e. The molecule has 3 atom stereocenters. The Morgan fingerprint density at radius 2 is 2.00 bits per heavy atom. The lowest BCUT2D eigenvalue weighted by Gasteiger charge is -2.49. The number of likely N-dealkylation sites (N-methyl/N-ethyl adjacent to an activating group) is 1. The number of quaternary nitrogens is 1. The fourth-order valence-electron chi connectivity index (χ4n) is 3.91. The third-order valence-electron chi connectivity index (χ3n) is 5.89. The van der Waals surface area contributed by atoms with E-state index in [-0.39, 0.29) is 24.6 Å². The van der Waals surface area contributed by atoms with Gasteiger partial charge in [0.15, 0.2) is 6.54 Å². The number of nitrogens with zero attached hydrogens (tertiary/aromatic N) is 2. The number of carboxylic acid groups (broad SMARTS) is 1. The zero-order chi connectivity index (χ0) is 24.2. The van der Waals surface area contributed by atoms with Gasteiger partial charge in [0.05, 0.1) is 26.6 Å². The van der Waals surface area contributed by atoms with E-state index in [9.17, 15) is 24.3 Å². The number of nitrogens with one attached hydrogen (secondary N) is 1. The second-order valence-electron chi connectivity index (χ2n) is 8.44. The Balaban J connectivity index is 1.69. The molecule has 0 aliphatic carbocycles. The number of β-lactam (4-membered cyclic amide) rings is 1. The first kappa shape index (κ1) is 24.5. The van der Waals surface area contributed by atoms with Crippen molar-refractivity contribution in [1.29, 1.82) is 0 Å². The van der Waals surface area contributed by atoms with E-state index in [1.807, 2.05) is 50.4 Å². The molecule has 0 spiro atoms. The molecule has 1 fully saturated rings. The van der Waals surface area contributed by atoms with Gasteiger partial charge in [0.25, 0.3) is 11.8 Å². The Labute approximate surface area is 196 Å². The molecule has 3 rings (SSSR count). The van der Waals surface area contributed by atoms with E-state index in [4.69, 9.17) is 5.73 Å². The number of carbonyl (C=O) groups excluding carboxylic acids is 3. The summed E-state index contributed by atoms with van der Waals surface area (Å²) in [4.78, 5) is 49.7. The summed E-state index contributed by atoms with van der Waals surface area (Å²) in [5, 5.41) is 12.1. The summed E-state index contributed by atoms with van der Waals surface area (Å²) in [6.07, 6.45) is 3.67. The summed E-state index contributed by atoms with van der Waals surface area (Å²) in [6, 6.07) is 8.45. The summed E-state index contributed by atoms with van der Waals surface area (Å²) in [5.41, 5.74) is 6.63. The maximum atomic E-state index is 12.8. The fourth-order valence-corrected chi connectivity index (χ4v) is 5.23. The molecule has 0 aromatic heterocycles. The summed E-state index contributed by atoms with van der Waals surface area (Å²) in [6.45, 7) is 3.31. The summed E-state index contributed by atoms with van der Waals surface area (Å²) in [7, 11) is 1.90. The predicted molar refractivity (Wildman–Crippen MR) is 125 cm³/mol. The number of amides is 3. The van der Waals surface area contributed by atoms with Crippen molar-refractivity contribution in [3.05, 3.63) is 59.3 Å². The van der Waals surface area contributed by atoms with Crippen molar-refractivity contribution in [2.24, 2.45) is 5.73 Å². The number of allylic oxidation sites excluding steroid dienone is 1. The number of fused-ring (bicyclic) bond motifs is 1. The number of benzene rings is 1. The van der Waals surface area contributed by atoms with Crippen LogP contribution in [0.4, 0.5) is 0 Å². The zero-order valence-electron chi connectivity index (χ0n) is 18.7. The van der Waals surface area contributed by atoms with Gasteiger partial charge in [0.1, 0.15) is 17.1 Å². The number of carbonyl (C=O) groups is 4. The fraction of sp³-hybridized carbons (Fsp3) is 0.391. The lowest BCUT2D eigenvalue weighted by atomic mass is 10.0. The highest BCUT2D eigenvalue weighted by molar-refractivity contribution is 8.00. The lowest BCUT2D eigenvalue weighted by molar-refractivity contribution is -0.894.